The molecule has 3 heterocycles. The number of imidazole rings is 1. The van der Waals surface area contributed by atoms with Gasteiger partial charge in [-0.1, -0.05) is 0 Å². The lowest BCUT2D eigenvalue weighted by molar-refractivity contribution is -0.132. The van der Waals surface area contributed by atoms with E-state index in [0.29, 0.717) is 12.6 Å². The molecule has 0 atom stereocenters. The SMILES string of the molecule is CCN(CC)C(=O)CN1CCC(n2c(C)nc3cccnc32)CC1. The molecule has 1 fully saturated rings. The number of carbonyl (C=O) groups is 1. The van der Waals surface area contributed by atoms with Crippen molar-refractivity contribution < 1.29 is 4.79 Å². The van der Waals surface area contributed by atoms with E-state index in [1.165, 1.54) is 0 Å². The topological polar surface area (TPSA) is 54.3 Å². The van der Waals surface area contributed by atoms with Crippen LogP contribution in [0.1, 0.15) is 38.6 Å². The van der Waals surface area contributed by atoms with Gasteiger partial charge in [0.2, 0.25) is 5.91 Å². The number of likely N-dealkylation sites (tertiary alicyclic amines) is 1. The maximum atomic E-state index is 12.3. The van der Waals surface area contributed by atoms with E-state index in [9.17, 15) is 4.79 Å². The highest BCUT2D eigenvalue weighted by Crippen LogP contribution is 2.27. The van der Waals surface area contributed by atoms with Crippen molar-refractivity contribution in [3.8, 4) is 0 Å². The number of aryl methyl sites for hydroxylation is 1. The minimum absolute atomic E-state index is 0.240. The van der Waals surface area contributed by atoms with E-state index < -0.39 is 0 Å². The van der Waals surface area contributed by atoms with Crippen LogP contribution in [0.2, 0.25) is 0 Å². The van der Waals surface area contributed by atoms with Gasteiger partial charge < -0.3 is 9.47 Å². The molecule has 0 radical (unpaired) electrons. The third kappa shape index (κ3) is 3.29. The second-order valence-electron chi connectivity index (χ2n) is 6.45. The zero-order valence-corrected chi connectivity index (χ0v) is 14.9. The largest absolute Gasteiger partial charge is 0.342 e. The van der Waals surface area contributed by atoms with Crippen molar-refractivity contribution in [3.05, 3.63) is 24.2 Å². The number of carbonyl (C=O) groups excluding carboxylic acids is 1. The van der Waals surface area contributed by atoms with E-state index in [1.54, 1.807) is 0 Å². The summed E-state index contributed by atoms with van der Waals surface area (Å²) in [5.74, 6) is 1.27. The number of rotatable bonds is 5. The maximum Gasteiger partial charge on any atom is 0.236 e. The lowest BCUT2D eigenvalue weighted by Crippen LogP contribution is -2.43. The Kier molecular flexibility index (Phi) is 5.14. The minimum Gasteiger partial charge on any atom is -0.342 e. The number of nitrogens with zero attached hydrogens (tertiary/aromatic N) is 5. The van der Waals surface area contributed by atoms with E-state index in [0.717, 1.165) is 56.0 Å². The van der Waals surface area contributed by atoms with E-state index >= 15 is 0 Å². The number of hydrogen-bond donors (Lipinski definition) is 0. The van der Waals surface area contributed by atoms with Crippen molar-refractivity contribution in [2.75, 3.05) is 32.7 Å². The normalized spacial score (nSPS) is 16.6. The van der Waals surface area contributed by atoms with Crippen molar-refractivity contribution in [2.45, 2.75) is 39.7 Å². The number of likely N-dealkylation sites (N-methyl/N-ethyl adjacent to an activating group) is 1. The molecule has 0 unspecified atom stereocenters. The first-order chi connectivity index (χ1) is 11.6. The van der Waals surface area contributed by atoms with Crippen LogP contribution in [-0.2, 0) is 4.79 Å². The number of pyridine rings is 1. The third-order valence-corrected chi connectivity index (χ3v) is 5.02. The highest BCUT2D eigenvalue weighted by Gasteiger charge is 2.25. The molecular formula is C18H27N5O. The lowest BCUT2D eigenvalue weighted by atomic mass is 10.0. The minimum atomic E-state index is 0.240. The van der Waals surface area contributed by atoms with Crippen LogP contribution in [0.5, 0.6) is 0 Å². The van der Waals surface area contributed by atoms with Gasteiger partial charge >= 0.3 is 0 Å². The monoisotopic (exact) mass is 329 g/mol. The fourth-order valence-corrected chi connectivity index (χ4v) is 3.68. The molecule has 0 aromatic carbocycles. The Bertz CT molecular complexity index is 698. The number of piperidine rings is 1. The van der Waals surface area contributed by atoms with Crippen molar-refractivity contribution >= 4 is 17.1 Å². The molecule has 2 aromatic heterocycles. The highest BCUT2D eigenvalue weighted by molar-refractivity contribution is 5.78. The zero-order chi connectivity index (χ0) is 17.1. The van der Waals surface area contributed by atoms with Gasteiger partial charge in [0.1, 0.15) is 11.3 Å². The Morgan fingerprint density at radius 3 is 2.67 bits per heavy atom. The number of amides is 1. The standard InChI is InChI=1S/C18H27N5O/c1-4-22(5-2)17(24)13-21-11-8-15(9-12-21)23-14(3)20-16-7-6-10-19-18(16)23/h6-7,10,15H,4-5,8-9,11-13H2,1-3H3. The summed E-state index contributed by atoms with van der Waals surface area (Å²) in [5, 5.41) is 0. The van der Waals surface area contributed by atoms with Crippen LogP contribution in [0.15, 0.2) is 18.3 Å². The van der Waals surface area contributed by atoms with Crippen molar-refractivity contribution in [2.24, 2.45) is 0 Å². The summed E-state index contributed by atoms with van der Waals surface area (Å²) in [4.78, 5) is 25.6. The fraction of sp³-hybridized carbons (Fsp3) is 0.611. The Morgan fingerprint density at radius 2 is 2.00 bits per heavy atom. The van der Waals surface area contributed by atoms with Crippen LogP contribution in [0.3, 0.4) is 0 Å². The molecule has 0 bridgehead atoms. The molecule has 1 saturated heterocycles. The number of aromatic nitrogens is 3. The molecule has 2 aromatic rings. The van der Waals surface area contributed by atoms with E-state index in [2.05, 4.69) is 26.4 Å². The van der Waals surface area contributed by atoms with E-state index in [4.69, 9.17) is 0 Å². The Morgan fingerprint density at radius 1 is 1.29 bits per heavy atom. The second kappa shape index (κ2) is 7.30. The molecule has 1 amide bonds. The average molecular weight is 329 g/mol. The predicted octanol–water partition coefficient (Wildman–Crippen LogP) is 2.25. The highest BCUT2D eigenvalue weighted by atomic mass is 16.2. The molecule has 0 N–H and O–H groups in total. The first-order valence-corrected chi connectivity index (χ1v) is 8.93. The van der Waals surface area contributed by atoms with E-state index in [1.807, 2.05) is 37.1 Å². The third-order valence-electron chi connectivity index (χ3n) is 5.02. The summed E-state index contributed by atoms with van der Waals surface area (Å²) in [6.07, 6.45) is 3.90. The fourth-order valence-electron chi connectivity index (χ4n) is 3.68. The van der Waals surface area contributed by atoms with Crippen LogP contribution in [0, 0.1) is 6.92 Å². The summed E-state index contributed by atoms with van der Waals surface area (Å²) in [5.41, 5.74) is 1.95. The molecule has 1 aliphatic rings. The smallest absolute Gasteiger partial charge is 0.236 e. The summed E-state index contributed by atoms with van der Waals surface area (Å²) in [6, 6.07) is 4.37. The van der Waals surface area contributed by atoms with Gasteiger partial charge in [-0.3, -0.25) is 9.69 Å². The molecule has 6 heteroatoms. The Hall–Kier alpha value is -1.95. The molecular weight excluding hydrogens is 302 g/mol. The Labute approximate surface area is 143 Å². The maximum absolute atomic E-state index is 12.3. The van der Waals surface area contributed by atoms with Gasteiger partial charge in [-0.25, -0.2) is 9.97 Å². The van der Waals surface area contributed by atoms with Gasteiger partial charge in [0.25, 0.3) is 0 Å². The van der Waals surface area contributed by atoms with Gasteiger partial charge in [-0.15, -0.1) is 0 Å². The van der Waals surface area contributed by atoms with Gasteiger partial charge in [0, 0.05) is 38.4 Å². The van der Waals surface area contributed by atoms with Crippen LogP contribution in [-0.4, -0.2) is 63.0 Å². The lowest BCUT2D eigenvalue weighted by Gasteiger charge is -2.33. The molecule has 0 saturated carbocycles. The second-order valence-corrected chi connectivity index (χ2v) is 6.45. The summed E-state index contributed by atoms with van der Waals surface area (Å²) < 4.78 is 2.28. The van der Waals surface area contributed by atoms with Crippen LogP contribution in [0.4, 0.5) is 0 Å². The van der Waals surface area contributed by atoms with Crippen molar-refractivity contribution in [1.82, 2.24) is 24.3 Å². The van der Waals surface area contributed by atoms with Crippen molar-refractivity contribution in [3.63, 3.8) is 0 Å². The summed E-state index contributed by atoms with van der Waals surface area (Å²) in [6.45, 7) is 10.1. The van der Waals surface area contributed by atoms with Gasteiger partial charge in [-0.2, -0.15) is 0 Å². The molecule has 1 aliphatic heterocycles. The van der Waals surface area contributed by atoms with Crippen LogP contribution < -0.4 is 0 Å². The quantitative estimate of drug-likeness (QED) is 0.844. The average Bonchev–Trinajstić information content (AvgIpc) is 2.92. The molecule has 6 nitrogen and oxygen atoms in total. The number of hydrogen-bond acceptors (Lipinski definition) is 4. The molecule has 130 valence electrons. The first kappa shape index (κ1) is 16.9. The summed E-state index contributed by atoms with van der Waals surface area (Å²) in [7, 11) is 0. The number of fused-ring (bicyclic) bond motifs is 1. The summed E-state index contributed by atoms with van der Waals surface area (Å²) >= 11 is 0. The van der Waals surface area contributed by atoms with E-state index in [-0.39, 0.29) is 5.91 Å². The van der Waals surface area contributed by atoms with Crippen LogP contribution in [0.25, 0.3) is 11.2 Å². The van der Waals surface area contributed by atoms with Gasteiger partial charge in [0.15, 0.2) is 5.65 Å². The van der Waals surface area contributed by atoms with Gasteiger partial charge in [-0.05, 0) is 45.7 Å². The zero-order valence-electron chi connectivity index (χ0n) is 14.9. The Balaban J connectivity index is 1.65. The van der Waals surface area contributed by atoms with Crippen LogP contribution >= 0.6 is 0 Å². The van der Waals surface area contributed by atoms with Gasteiger partial charge in [0.05, 0.1) is 6.54 Å². The van der Waals surface area contributed by atoms with Crippen molar-refractivity contribution in [1.29, 1.82) is 0 Å². The first-order valence-electron chi connectivity index (χ1n) is 8.93. The molecule has 24 heavy (non-hydrogen) atoms. The molecule has 0 aliphatic carbocycles. The molecule has 3 rings (SSSR count). The molecule has 0 spiro atoms. The predicted molar refractivity (Wildman–Crippen MR) is 94.9 cm³/mol.